The third-order valence-electron chi connectivity index (χ3n) is 2.70. The lowest BCUT2D eigenvalue weighted by molar-refractivity contribution is -0.152. The molecule has 0 radical (unpaired) electrons. The number of esters is 2. The molecule has 0 N–H and O–H groups in total. The molecule has 1 aliphatic heterocycles. The van der Waals surface area contributed by atoms with Crippen LogP contribution in [0.3, 0.4) is 0 Å². The van der Waals surface area contributed by atoms with E-state index in [0.29, 0.717) is 0 Å². The number of alkyl halides is 2. The molecule has 1 unspecified atom stereocenters. The van der Waals surface area contributed by atoms with Crippen molar-refractivity contribution in [2.75, 3.05) is 6.61 Å². The van der Waals surface area contributed by atoms with Crippen LogP contribution < -0.4 is 0 Å². The van der Waals surface area contributed by atoms with E-state index in [-0.39, 0.29) is 6.61 Å². The molecular weight excluding hydrogens is 249 g/mol. The van der Waals surface area contributed by atoms with Gasteiger partial charge in [0.25, 0.3) is 0 Å². The fourth-order valence-corrected chi connectivity index (χ4v) is 1.99. The number of hydrogen-bond acceptors (Lipinski definition) is 5. The van der Waals surface area contributed by atoms with Crippen molar-refractivity contribution in [1.82, 2.24) is 0 Å². The lowest BCUT2D eigenvalue weighted by Crippen LogP contribution is -2.38. The van der Waals surface area contributed by atoms with E-state index in [1.54, 1.807) is 0 Å². The number of hydrogen-bond donors (Lipinski definition) is 0. The quantitative estimate of drug-likeness (QED) is 0.516. The van der Waals surface area contributed by atoms with Crippen molar-refractivity contribution >= 4 is 19.8 Å². The summed E-state index contributed by atoms with van der Waals surface area (Å²) in [5.74, 6) is -2.51. The molecule has 0 aliphatic carbocycles. The smallest absolute Gasteiger partial charge is 0.302 e. The van der Waals surface area contributed by atoms with Crippen LogP contribution in [0.15, 0.2) is 0 Å². The van der Waals surface area contributed by atoms with Gasteiger partial charge in [0.05, 0.1) is 11.9 Å². The van der Waals surface area contributed by atoms with Crippen LogP contribution in [-0.2, 0) is 23.8 Å². The van der Waals surface area contributed by atoms with Gasteiger partial charge in [0.1, 0.15) is 26.7 Å². The molecule has 0 saturated carbocycles. The Morgan fingerprint density at radius 2 is 1.94 bits per heavy atom. The van der Waals surface area contributed by atoms with Crippen molar-refractivity contribution < 1.29 is 32.6 Å². The number of rotatable bonds is 4. The van der Waals surface area contributed by atoms with Gasteiger partial charge in [-0.15, -0.1) is 0 Å². The van der Waals surface area contributed by atoms with Gasteiger partial charge >= 0.3 is 11.9 Å². The van der Waals surface area contributed by atoms with Gasteiger partial charge in [0.15, 0.2) is 0 Å². The normalized spacial score (nSPS) is 31.4. The van der Waals surface area contributed by atoms with E-state index in [0.717, 1.165) is 6.92 Å². The molecule has 0 aromatic carbocycles. The SMILES string of the molecule is B[C@@H]1O[C@H](COC(C)=O)C(C(F)F)[C@H]1OC(C)=O. The van der Waals surface area contributed by atoms with Crippen molar-refractivity contribution in [2.45, 2.75) is 38.5 Å². The van der Waals surface area contributed by atoms with Gasteiger partial charge in [0, 0.05) is 13.8 Å². The standard InChI is InChI=1S/C10H15BF2O5/c1-4(14)16-3-6-7(10(12)13)8(9(11)18-6)17-5(2)15/h6-10H,3,11H2,1-2H3/t6-,7?,8-,9-/m1/s1. The summed E-state index contributed by atoms with van der Waals surface area (Å²) in [7, 11) is 1.54. The zero-order valence-corrected chi connectivity index (χ0v) is 10.4. The van der Waals surface area contributed by atoms with Crippen LogP contribution in [0.1, 0.15) is 13.8 Å². The van der Waals surface area contributed by atoms with Crippen molar-refractivity contribution in [3.8, 4) is 0 Å². The van der Waals surface area contributed by atoms with Crippen LogP contribution >= 0.6 is 0 Å². The molecule has 102 valence electrons. The minimum Gasteiger partial charge on any atom is -0.463 e. The van der Waals surface area contributed by atoms with E-state index in [2.05, 4.69) is 4.74 Å². The van der Waals surface area contributed by atoms with Crippen molar-refractivity contribution in [1.29, 1.82) is 0 Å². The first-order chi connectivity index (χ1) is 8.32. The van der Waals surface area contributed by atoms with Crippen LogP contribution in [0.5, 0.6) is 0 Å². The number of halogens is 2. The first-order valence-corrected chi connectivity index (χ1v) is 5.57. The average Bonchev–Trinajstić information content (AvgIpc) is 2.52. The molecule has 1 saturated heterocycles. The Bertz CT molecular complexity index is 325. The Balaban J connectivity index is 2.74. The highest BCUT2D eigenvalue weighted by molar-refractivity contribution is 6.11. The van der Waals surface area contributed by atoms with Gasteiger partial charge in [-0.1, -0.05) is 0 Å². The predicted octanol–water partition coefficient (Wildman–Crippen LogP) is -0.280. The molecule has 1 fully saturated rings. The van der Waals surface area contributed by atoms with Gasteiger partial charge in [-0.3, -0.25) is 9.59 Å². The Morgan fingerprint density at radius 1 is 1.33 bits per heavy atom. The predicted molar refractivity (Wildman–Crippen MR) is 58.9 cm³/mol. The zero-order chi connectivity index (χ0) is 13.9. The lowest BCUT2D eigenvalue weighted by Gasteiger charge is -2.22. The average molecular weight is 264 g/mol. The van der Waals surface area contributed by atoms with Crippen molar-refractivity contribution in [3.63, 3.8) is 0 Å². The third-order valence-corrected chi connectivity index (χ3v) is 2.70. The molecule has 1 heterocycles. The second kappa shape index (κ2) is 6.13. The van der Waals surface area contributed by atoms with Crippen LogP contribution in [-0.4, -0.2) is 51.0 Å². The molecule has 4 atom stereocenters. The second-order valence-electron chi connectivity index (χ2n) is 4.17. The summed E-state index contributed by atoms with van der Waals surface area (Å²) in [6.45, 7) is 2.06. The molecule has 0 aromatic rings. The lowest BCUT2D eigenvalue weighted by atomic mass is 9.87. The van der Waals surface area contributed by atoms with Crippen LogP contribution in [0.25, 0.3) is 0 Å². The van der Waals surface area contributed by atoms with Gasteiger partial charge in [0.2, 0.25) is 6.43 Å². The van der Waals surface area contributed by atoms with E-state index in [1.165, 1.54) is 14.8 Å². The van der Waals surface area contributed by atoms with Gasteiger partial charge in [-0.2, -0.15) is 0 Å². The molecule has 0 bridgehead atoms. The maximum absolute atomic E-state index is 13.0. The Hall–Kier alpha value is -1.18. The molecule has 0 amide bonds. The molecule has 1 aliphatic rings. The third kappa shape index (κ3) is 3.66. The zero-order valence-electron chi connectivity index (χ0n) is 10.4. The van der Waals surface area contributed by atoms with Crippen molar-refractivity contribution in [2.24, 2.45) is 5.92 Å². The minimum absolute atomic E-state index is 0.271. The molecule has 0 aromatic heterocycles. The summed E-state index contributed by atoms with van der Waals surface area (Å²) in [6.07, 6.45) is -4.71. The Labute approximate surface area is 104 Å². The highest BCUT2D eigenvalue weighted by atomic mass is 19.3. The first-order valence-electron chi connectivity index (χ1n) is 5.57. The summed E-state index contributed by atoms with van der Waals surface area (Å²) in [6, 6.07) is -0.659. The number of carbonyl (C=O) groups is 2. The first kappa shape index (κ1) is 14.9. The number of ether oxygens (including phenoxy) is 3. The number of carbonyl (C=O) groups excluding carboxylic acids is 2. The van der Waals surface area contributed by atoms with Crippen molar-refractivity contribution in [3.05, 3.63) is 0 Å². The largest absolute Gasteiger partial charge is 0.463 e. The summed E-state index contributed by atoms with van der Waals surface area (Å²) >= 11 is 0. The summed E-state index contributed by atoms with van der Waals surface area (Å²) in [4.78, 5) is 21.5. The summed E-state index contributed by atoms with van der Waals surface area (Å²) in [5.41, 5.74) is 0. The summed E-state index contributed by atoms with van der Waals surface area (Å²) < 4.78 is 40.7. The fourth-order valence-electron chi connectivity index (χ4n) is 1.99. The summed E-state index contributed by atoms with van der Waals surface area (Å²) in [5, 5.41) is 0. The maximum Gasteiger partial charge on any atom is 0.302 e. The Kier molecular flexibility index (Phi) is 5.07. The highest BCUT2D eigenvalue weighted by Gasteiger charge is 2.49. The topological polar surface area (TPSA) is 61.8 Å². The minimum atomic E-state index is -2.72. The van der Waals surface area contributed by atoms with Gasteiger partial charge in [-0.05, 0) is 0 Å². The van der Waals surface area contributed by atoms with Gasteiger partial charge in [-0.25, -0.2) is 8.78 Å². The molecule has 8 heteroatoms. The maximum atomic E-state index is 13.0. The van der Waals surface area contributed by atoms with Gasteiger partial charge < -0.3 is 14.2 Å². The molecule has 5 nitrogen and oxygen atoms in total. The molecule has 1 rings (SSSR count). The van der Waals surface area contributed by atoms with E-state index in [9.17, 15) is 18.4 Å². The molecular formula is C10H15BF2O5. The molecule has 0 spiro atoms. The highest BCUT2D eigenvalue weighted by Crippen LogP contribution is 2.33. The van der Waals surface area contributed by atoms with Crippen LogP contribution in [0.4, 0.5) is 8.78 Å². The van der Waals surface area contributed by atoms with E-state index >= 15 is 0 Å². The van der Waals surface area contributed by atoms with Crippen LogP contribution in [0.2, 0.25) is 0 Å². The fraction of sp³-hybridized carbons (Fsp3) is 0.800. The molecule has 18 heavy (non-hydrogen) atoms. The van der Waals surface area contributed by atoms with E-state index < -0.39 is 42.5 Å². The van der Waals surface area contributed by atoms with E-state index in [4.69, 9.17) is 9.47 Å². The second-order valence-corrected chi connectivity index (χ2v) is 4.17. The Morgan fingerprint density at radius 3 is 2.39 bits per heavy atom. The monoisotopic (exact) mass is 264 g/mol. The van der Waals surface area contributed by atoms with Crippen LogP contribution in [0, 0.1) is 5.92 Å². The van der Waals surface area contributed by atoms with E-state index in [1.807, 2.05) is 0 Å².